The molecule has 0 fully saturated rings. The molecule has 0 radical (unpaired) electrons. The van der Waals surface area contributed by atoms with E-state index in [1.807, 2.05) is 0 Å². The zero-order valence-corrected chi connectivity index (χ0v) is 9.90. The zero-order chi connectivity index (χ0) is 11.5. The molecule has 0 aliphatic carbocycles. The lowest BCUT2D eigenvalue weighted by atomic mass is 10.3. The molecule has 0 spiro atoms. The molecular formula is C9H8Cl2N4O. The lowest BCUT2D eigenvalue weighted by Gasteiger charge is -2.06. The molecule has 0 bridgehead atoms. The average molecular weight is 259 g/mol. The molecule has 2 aromatic rings. The van der Waals surface area contributed by atoms with E-state index in [1.54, 1.807) is 25.3 Å². The Morgan fingerprint density at radius 1 is 1.44 bits per heavy atom. The summed E-state index contributed by atoms with van der Waals surface area (Å²) in [6.07, 6.45) is 0. The molecule has 0 amide bonds. The van der Waals surface area contributed by atoms with Crippen LogP contribution in [0.3, 0.4) is 0 Å². The molecule has 0 aliphatic heterocycles. The normalized spacial score (nSPS) is 10.4. The smallest absolute Gasteiger partial charge is 0.171 e. The van der Waals surface area contributed by atoms with Crippen LogP contribution in [0.15, 0.2) is 18.2 Å². The molecule has 16 heavy (non-hydrogen) atoms. The third-order valence-electron chi connectivity index (χ3n) is 2.03. The van der Waals surface area contributed by atoms with Crippen molar-refractivity contribution in [2.75, 3.05) is 7.11 Å². The van der Waals surface area contributed by atoms with Gasteiger partial charge in [0.15, 0.2) is 5.82 Å². The van der Waals surface area contributed by atoms with Gasteiger partial charge in [-0.05, 0) is 22.6 Å². The van der Waals surface area contributed by atoms with Gasteiger partial charge in [0.25, 0.3) is 0 Å². The number of tetrazole rings is 1. The molecule has 0 N–H and O–H groups in total. The minimum atomic E-state index is 0.234. The Morgan fingerprint density at radius 3 is 2.94 bits per heavy atom. The van der Waals surface area contributed by atoms with Gasteiger partial charge in [-0.3, -0.25) is 0 Å². The summed E-state index contributed by atoms with van der Waals surface area (Å²) < 4.78 is 6.64. The van der Waals surface area contributed by atoms with Crippen LogP contribution in [0.1, 0.15) is 5.82 Å². The standard InChI is InChI=1S/C9H8Cl2N4O/c1-16-8-4-6(2-3-7(8)11)15-9(5-10)12-13-14-15/h2-4H,5H2,1H3. The van der Waals surface area contributed by atoms with Crippen molar-refractivity contribution < 1.29 is 4.74 Å². The first-order valence-corrected chi connectivity index (χ1v) is 5.34. The lowest BCUT2D eigenvalue weighted by molar-refractivity contribution is 0.414. The summed E-state index contributed by atoms with van der Waals surface area (Å²) in [5.74, 6) is 1.36. The number of ether oxygens (including phenoxy) is 1. The number of alkyl halides is 1. The van der Waals surface area contributed by atoms with Gasteiger partial charge in [-0.25, -0.2) is 0 Å². The van der Waals surface area contributed by atoms with E-state index in [9.17, 15) is 0 Å². The Hall–Kier alpha value is -1.33. The van der Waals surface area contributed by atoms with E-state index in [0.29, 0.717) is 16.6 Å². The van der Waals surface area contributed by atoms with Crippen molar-refractivity contribution in [1.29, 1.82) is 0 Å². The van der Waals surface area contributed by atoms with Crippen LogP contribution in [0, 0.1) is 0 Å². The maximum atomic E-state index is 5.92. The van der Waals surface area contributed by atoms with Crippen molar-refractivity contribution in [3.8, 4) is 11.4 Å². The molecule has 0 unspecified atom stereocenters. The topological polar surface area (TPSA) is 52.8 Å². The van der Waals surface area contributed by atoms with Crippen LogP contribution in [0.25, 0.3) is 5.69 Å². The molecule has 84 valence electrons. The molecule has 1 aromatic carbocycles. The van der Waals surface area contributed by atoms with E-state index >= 15 is 0 Å². The van der Waals surface area contributed by atoms with E-state index < -0.39 is 0 Å². The summed E-state index contributed by atoms with van der Waals surface area (Å²) in [5, 5.41) is 11.7. The molecule has 1 heterocycles. The Balaban J connectivity index is 2.48. The number of hydrogen-bond donors (Lipinski definition) is 0. The van der Waals surface area contributed by atoms with Crippen LogP contribution in [-0.2, 0) is 5.88 Å². The van der Waals surface area contributed by atoms with Gasteiger partial charge >= 0.3 is 0 Å². The number of benzene rings is 1. The highest BCUT2D eigenvalue weighted by Crippen LogP contribution is 2.26. The molecule has 0 aliphatic rings. The monoisotopic (exact) mass is 258 g/mol. The predicted molar refractivity (Wildman–Crippen MR) is 60.3 cm³/mol. The van der Waals surface area contributed by atoms with Crippen LogP contribution in [0.2, 0.25) is 5.02 Å². The maximum absolute atomic E-state index is 5.92. The number of methoxy groups -OCH3 is 1. The highest BCUT2D eigenvalue weighted by Gasteiger charge is 2.09. The minimum Gasteiger partial charge on any atom is -0.495 e. The third-order valence-corrected chi connectivity index (χ3v) is 2.58. The first-order chi connectivity index (χ1) is 7.76. The van der Waals surface area contributed by atoms with E-state index in [1.165, 1.54) is 4.68 Å². The second kappa shape index (κ2) is 4.67. The van der Waals surface area contributed by atoms with Crippen LogP contribution in [0.5, 0.6) is 5.75 Å². The molecular weight excluding hydrogens is 251 g/mol. The molecule has 0 atom stereocenters. The van der Waals surface area contributed by atoms with E-state index in [-0.39, 0.29) is 5.88 Å². The number of rotatable bonds is 3. The van der Waals surface area contributed by atoms with Crippen LogP contribution < -0.4 is 4.74 Å². The summed E-state index contributed by atoms with van der Waals surface area (Å²) in [7, 11) is 1.55. The van der Waals surface area contributed by atoms with E-state index in [4.69, 9.17) is 27.9 Å². The van der Waals surface area contributed by atoms with Gasteiger partial charge in [0.1, 0.15) is 5.75 Å². The third kappa shape index (κ3) is 1.96. The maximum Gasteiger partial charge on any atom is 0.171 e. The van der Waals surface area contributed by atoms with Crippen molar-refractivity contribution in [1.82, 2.24) is 20.2 Å². The second-order valence-electron chi connectivity index (χ2n) is 2.96. The molecule has 7 heteroatoms. The SMILES string of the molecule is COc1cc(-n2nnnc2CCl)ccc1Cl. The summed E-state index contributed by atoms with van der Waals surface area (Å²) in [6, 6.07) is 5.25. The van der Waals surface area contributed by atoms with Gasteiger partial charge in [0.05, 0.1) is 23.7 Å². The van der Waals surface area contributed by atoms with Crippen LogP contribution in [0.4, 0.5) is 0 Å². The van der Waals surface area contributed by atoms with E-state index in [0.717, 1.165) is 5.69 Å². The number of nitrogens with zero attached hydrogens (tertiary/aromatic N) is 4. The molecule has 1 aromatic heterocycles. The van der Waals surface area contributed by atoms with Crippen molar-refractivity contribution in [2.45, 2.75) is 5.88 Å². The number of hydrogen-bond acceptors (Lipinski definition) is 4. The van der Waals surface area contributed by atoms with Crippen LogP contribution in [-0.4, -0.2) is 27.3 Å². The fourth-order valence-corrected chi connectivity index (χ4v) is 1.63. The second-order valence-corrected chi connectivity index (χ2v) is 3.63. The fourth-order valence-electron chi connectivity index (χ4n) is 1.27. The molecule has 0 saturated heterocycles. The van der Waals surface area contributed by atoms with Gasteiger partial charge < -0.3 is 4.74 Å². The summed E-state index contributed by atoms with van der Waals surface area (Å²) in [5.41, 5.74) is 0.752. The van der Waals surface area contributed by atoms with Gasteiger partial charge in [0.2, 0.25) is 0 Å². The summed E-state index contributed by atoms with van der Waals surface area (Å²) in [4.78, 5) is 0. The average Bonchev–Trinajstić information content (AvgIpc) is 2.78. The van der Waals surface area contributed by atoms with Crippen molar-refractivity contribution in [2.24, 2.45) is 0 Å². The Morgan fingerprint density at radius 2 is 2.25 bits per heavy atom. The Kier molecular flexibility index (Phi) is 3.26. The Labute approximate surface area is 102 Å². The summed E-state index contributed by atoms with van der Waals surface area (Å²) >= 11 is 11.6. The largest absolute Gasteiger partial charge is 0.495 e. The lowest BCUT2D eigenvalue weighted by Crippen LogP contribution is -2.01. The van der Waals surface area contributed by atoms with Crippen molar-refractivity contribution in [3.05, 3.63) is 29.0 Å². The zero-order valence-electron chi connectivity index (χ0n) is 8.39. The number of halogens is 2. The fraction of sp³-hybridized carbons (Fsp3) is 0.222. The van der Waals surface area contributed by atoms with Crippen molar-refractivity contribution >= 4 is 23.2 Å². The Bertz CT molecular complexity index is 500. The highest BCUT2D eigenvalue weighted by atomic mass is 35.5. The first kappa shape index (κ1) is 11.2. The minimum absolute atomic E-state index is 0.234. The predicted octanol–water partition coefficient (Wildman–Crippen LogP) is 2.06. The van der Waals surface area contributed by atoms with Crippen molar-refractivity contribution in [3.63, 3.8) is 0 Å². The van der Waals surface area contributed by atoms with E-state index in [2.05, 4.69) is 15.5 Å². The summed E-state index contributed by atoms with van der Waals surface area (Å²) in [6.45, 7) is 0. The van der Waals surface area contributed by atoms with Gasteiger partial charge in [-0.1, -0.05) is 11.6 Å². The number of aromatic nitrogens is 4. The van der Waals surface area contributed by atoms with Gasteiger partial charge in [-0.2, -0.15) is 4.68 Å². The quantitative estimate of drug-likeness (QED) is 0.791. The first-order valence-electron chi connectivity index (χ1n) is 4.43. The molecule has 0 saturated carbocycles. The van der Waals surface area contributed by atoms with Gasteiger partial charge in [-0.15, -0.1) is 16.7 Å². The molecule has 5 nitrogen and oxygen atoms in total. The van der Waals surface area contributed by atoms with Crippen LogP contribution >= 0.6 is 23.2 Å². The van der Waals surface area contributed by atoms with Gasteiger partial charge in [0, 0.05) is 6.07 Å². The molecule has 2 rings (SSSR count). The highest BCUT2D eigenvalue weighted by molar-refractivity contribution is 6.32.